The zero-order valence-corrected chi connectivity index (χ0v) is 8.59. The molecule has 0 fully saturated rings. The van der Waals surface area contributed by atoms with E-state index in [0.717, 1.165) is 0 Å². The van der Waals surface area contributed by atoms with Gasteiger partial charge in [0.2, 0.25) is 0 Å². The van der Waals surface area contributed by atoms with Crippen molar-refractivity contribution in [2.45, 2.75) is 19.6 Å². The third-order valence-corrected chi connectivity index (χ3v) is 0.697. The van der Waals surface area contributed by atoms with Crippen LogP contribution in [-0.4, -0.2) is 18.8 Å². The fourth-order valence-corrected chi connectivity index (χ4v) is 0.383. The molecule has 1 rings (SSSR count). The van der Waals surface area contributed by atoms with Gasteiger partial charge in [-0.25, -0.2) is 9.78 Å². The molecular formula is C7H14N3OSi. The summed E-state index contributed by atoms with van der Waals surface area (Å²) in [5.41, 5.74) is 4.75. The van der Waals surface area contributed by atoms with E-state index in [-0.39, 0.29) is 8.80 Å². The van der Waals surface area contributed by atoms with Crippen LogP contribution < -0.4 is 11.4 Å². The molecule has 12 heavy (non-hydrogen) atoms. The van der Waals surface area contributed by atoms with Crippen molar-refractivity contribution < 1.29 is 0 Å². The van der Waals surface area contributed by atoms with E-state index in [2.05, 4.69) is 29.6 Å². The number of nitrogens with zero attached hydrogens (tertiary/aromatic N) is 1. The van der Waals surface area contributed by atoms with Gasteiger partial charge in [0, 0.05) is 15.0 Å². The van der Waals surface area contributed by atoms with Crippen LogP contribution in [-0.2, 0) is 0 Å². The molecule has 0 unspecified atom stereocenters. The van der Waals surface area contributed by atoms with Gasteiger partial charge in [0.05, 0.1) is 0 Å². The smallest absolute Gasteiger partial charge is 0.346 e. The summed E-state index contributed by atoms with van der Waals surface area (Å²) >= 11 is 0. The summed E-state index contributed by atoms with van der Waals surface area (Å²) in [6.45, 7) is 6.81. The van der Waals surface area contributed by atoms with Crippen molar-refractivity contribution >= 4 is 14.6 Å². The molecule has 0 aliphatic rings. The topological polar surface area (TPSA) is 71.8 Å². The van der Waals surface area contributed by atoms with Crippen LogP contribution in [0.2, 0.25) is 19.6 Å². The number of hydrogen-bond donors (Lipinski definition) is 2. The number of aromatic nitrogens is 2. The Balaban J connectivity index is 0.000000261. The van der Waals surface area contributed by atoms with Crippen molar-refractivity contribution in [1.29, 1.82) is 0 Å². The van der Waals surface area contributed by atoms with E-state index in [1.54, 1.807) is 0 Å². The Morgan fingerprint density at radius 1 is 1.50 bits per heavy atom. The number of nitrogen functional groups attached to an aromatic ring is 1. The molecule has 0 aliphatic carbocycles. The molecule has 3 N–H and O–H groups in total. The van der Waals surface area contributed by atoms with Gasteiger partial charge in [-0.2, -0.15) is 0 Å². The molecule has 1 aromatic rings. The number of H-pyrrole nitrogens is 1. The number of anilines is 1. The number of rotatable bonds is 0. The molecule has 5 heteroatoms. The summed E-state index contributed by atoms with van der Waals surface area (Å²) in [4.78, 5) is 15.9. The number of nitrogens with one attached hydrogen (secondary N) is 1. The van der Waals surface area contributed by atoms with Gasteiger partial charge in [0.25, 0.3) is 0 Å². The first kappa shape index (κ1) is 10.9. The molecule has 1 aromatic heterocycles. The van der Waals surface area contributed by atoms with Crippen LogP contribution in [0.15, 0.2) is 17.1 Å². The summed E-state index contributed by atoms with van der Waals surface area (Å²) in [6, 6.07) is 1.52. The Morgan fingerprint density at radius 3 is 2.25 bits per heavy atom. The predicted octanol–water partition coefficient (Wildman–Crippen LogP) is 0.723. The molecule has 0 saturated carbocycles. The average Bonchev–Trinajstić information content (AvgIpc) is 1.84. The van der Waals surface area contributed by atoms with Crippen molar-refractivity contribution in [2.24, 2.45) is 0 Å². The predicted molar refractivity (Wildman–Crippen MR) is 52.6 cm³/mol. The maximum atomic E-state index is 10.2. The van der Waals surface area contributed by atoms with E-state index in [1.165, 1.54) is 12.3 Å². The van der Waals surface area contributed by atoms with Gasteiger partial charge in [-0.3, -0.25) is 4.98 Å². The highest BCUT2D eigenvalue weighted by atomic mass is 28.3. The maximum absolute atomic E-state index is 10.2. The van der Waals surface area contributed by atoms with Crippen LogP contribution in [0.25, 0.3) is 0 Å². The minimum Gasteiger partial charge on any atom is -0.385 e. The van der Waals surface area contributed by atoms with Crippen molar-refractivity contribution in [3.8, 4) is 0 Å². The third-order valence-electron chi connectivity index (χ3n) is 0.697. The first-order chi connectivity index (χ1) is 5.52. The van der Waals surface area contributed by atoms with Gasteiger partial charge < -0.3 is 5.73 Å². The standard InChI is InChI=1S/C4H5N3O.C3H9Si/c5-3-1-2-6-4(8)7-3;1-4(2)3/h1-2H,(H3,5,6,7,8);1-3H3. The van der Waals surface area contributed by atoms with Crippen LogP contribution in [0.5, 0.6) is 0 Å². The lowest BCUT2D eigenvalue weighted by molar-refractivity contribution is 1.08. The molecule has 0 atom stereocenters. The van der Waals surface area contributed by atoms with Crippen molar-refractivity contribution in [3.05, 3.63) is 22.7 Å². The number of nitrogens with two attached hydrogens (primary N) is 1. The summed E-state index contributed by atoms with van der Waals surface area (Å²) in [5.74, 6) is 0.338. The van der Waals surface area contributed by atoms with E-state index in [0.29, 0.717) is 5.82 Å². The zero-order valence-electron chi connectivity index (χ0n) is 7.59. The van der Waals surface area contributed by atoms with Gasteiger partial charge in [-0.15, -0.1) is 0 Å². The molecule has 1 heterocycles. The van der Waals surface area contributed by atoms with E-state index < -0.39 is 5.69 Å². The first-order valence-electron chi connectivity index (χ1n) is 3.60. The molecule has 0 spiro atoms. The highest BCUT2D eigenvalue weighted by Gasteiger charge is 1.80. The summed E-state index contributed by atoms with van der Waals surface area (Å²) in [6.07, 6.45) is 1.36. The minimum atomic E-state index is -0.412. The van der Waals surface area contributed by atoms with E-state index >= 15 is 0 Å². The quantitative estimate of drug-likeness (QED) is 0.584. The summed E-state index contributed by atoms with van der Waals surface area (Å²) in [5, 5.41) is 0. The number of hydrogen-bond acceptors (Lipinski definition) is 3. The molecule has 67 valence electrons. The fourth-order valence-electron chi connectivity index (χ4n) is 0.383. The van der Waals surface area contributed by atoms with Crippen molar-refractivity contribution in [3.63, 3.8) is 0 Å². The van der Waals surface area contributed by atoms with Crippen LogP contribution in [0.4, 0.5) is 5.82 Å². The molecular weight excluding hydrogens is 170 g/mol. The van der Waals surface area contributed by atoms with E-state index in [9.17, 15) is 4.79 Å². The average molecular weight is 184 g/mol. The number of aromatic amines is 1. The fraction of sp³-hybridized carbons (Fsp3) is 0.429. The normalized spacial score (nSPS) is 9.00. The van der Waals surface area contributed by atoms with Gasteiger partial charge >= 0.3 is 5.69 Å². The third kappa shape index (κ3) is 7.01. The van der Waals surface area contributed by atoms with Crippen LogP contribution in [0, 0.1) is 0 Å². The summed E-state index contributed by atoms with van der Waals surface area (Å²) in [7, 11) is 0.120. The van der Waals surface area contributed by atoms with Crippen molar-refractivity contribution in [1.82, 2.24) is 9.97 Å². The monoisotopic (exact) mass is 184 g/mol. The largest absolute Gasteiger partial charge is 0.385 e. The van der Waals surface area contributed by atoms with Gasteiger partial charge in [0.1, 0.15) is 5.82 Å². The van der Waals surface area contributed by atoms with Gasteiger partial charge in [-0.1, -0.05) is 19.6 Å². The Morgan fingerprint density at radius 2 is 2.00 bits per heavy atom. The minimum absolute atomic E-state index is 0.120. The molecule has 1 radical (unpaired) electrons. The van der Waals surface area contributed by atoms with E-state index in [1.807, 2.05) is 0 Å². The first-order valence-corrected chi connectivity index (χ1v) is 6.60. The van der Waals surface area contributed by atoms with E-state index in [4.69, 9.17) is 5.73 Å². The Hall–Kier alpha value is -1.10. The second-order valence-electron chi connectivity index (χ2n) is 2.83. The lowest BCUT2D eigenvalue weighted by Gasteiger charge is -1.84. The Bertz CT molecular complexity index is 269. The Labute approximate surface area is 73.5 Å². The maximum Gasteiger partial charge on any atom is 0.346 e. The highest BCUT2D eigenvalue weighted by Crippen LogP contribution is 1.82. The lowest BCUT2D eigenvalue weighted by Crippen LogP contribution is -2.10. The highest BCUT2D eigenvalue weighted by molar-refractivity contribution is 6.54. The molecule has 0 saturated heterocycles. The second kappa shape index (κ2) is 5.53. The summed E-state index contributed by atoms with van der Waals surface area (Å²) < 4.78 is 0. The lowest BCUT2D eigenvalue weighted by atomic mass is 10.6. The Kier molecular flexibility index (Phi) is 5.03. The molecule has 0 aliphatic heterocycles. The SMILES string of the molecule is C[Si](C)C.Nc1ccnc(=O)[nH]1. The van der Waals surface area contributed by atoms with Crippen molar-refractivity contribution in [2.75, 3.05) is 5.73 Å². The zero-order chi connectivity index (χ0) is 9.56. The molecule has 0 bridgehead atoms. The van der Waals surface area contributed by atoms with Gasteiger partial charge in [0.15, 0.2) is 0 Å². The van der Waals surface area contributed by atoms with Crippen LogP contribution in [0.3, 0.4) is 0 Å². The molecule has 0 aromatic carbocycles. The van der Waals surface area contributed by atoms with Crippen LogP contribution in [0.1, 0.15) is 0 Å². The molecule has 4 nitrogen and oxygen atoms in total. The van der Waals surface area contributed by atoms with Gasteiger partial charge in [-0.05, 0) is 6.07 Å². The molecule has 0 amide bonds. The van der Waals surface area contributed by atoms with Crippen LogP contribution >= 0.6 is 0 Å². The second-order valence-corrected chi connectivity index (χ2v) is 5.83.